The van der Waals surface area contributed by atoms with Crippen LogP contribution in [0.2, 0.25) is 0 Å². The van der Waals surface area contributed by atoms with Crippen LogP contribution in [0.4, 0.5) is 11.5 Å². The van der Waals surface area contributed by atoms with Gasteiger partial charge in [-0.15, -0.1) is 0 Å². The van der Waals surface area contributed by atoms with Crippen LogP contribution in [-0.4, -0.2) is 21.1 Å². The Morgan fingerprint density at radius 1 is 1.38 bits per heavy atom. The van der Waals surface area contributed by atoms with E-state index in [1.807, 2.05) is 23.9 Å². The van der Waals surface area contributed by atoms with Crippen LogP contribution in [0, 0.1) is 0 Å². The van der Waals surface area contributed by atoms with Gasteiger partial charge in [0.05, 0.1) is 11.9 Å². The van der Waals surface area contributed by atoms with E-state index in [2.05, 4.69) is 15.3 Å². The summed E-state index contributed by atoms with van der Waals surface area (Å²) in [4.78, 5) is 8.26. The molecule has 0 aliphatic carbocycles. The van der Waals surface area contributed by atoms with Crippen molar-refractivity contribution in [1.82, 2.24) is 14.5 Å². The van der Waals surface area contributed by atoms with Crippen molar-refractivity contribution in [2.75, 3.05) is 17.6 Å². The van der Waals surface area contributed by atoms with Crippen molar-refractivity contribution in [2.24, 2.45) is 7.05 Å². The number of anilines is 2. The number of hydrogen-bond acceptors (Lipinski definition) is 4. The highest BCUT2D eigenvalue weighted by atomic mass is 15.0. The van der Waals surface area contributed by atoms with Crippen molar-refractivity contribution in [2.45, 2.75) is 6.42 Å². The zero-order chi connectivity index (χ0) is 11.4. The smallest absolute Gasteiger partial charge is 0.123 e. The first-order valence-electron chi connectivity index (χ1n) is 5.17. The Bertz CT molecular complexity index is 446. The maximum Gasteiger partial charge on any atom is 0.123 e. The molecule has 0 bridgehead atoms. The van der Waals surface area contributed by atoms with Gasteiger partial charge in [0.1, 0.15) is 11.6 Å². The second kappa shape index (κ2) is 4.65. The average molecular weight is 217 g/mol. The Kier molecular flexibility index (Phi) is 3.05. The van der Waals surface area contributed by atoms with Crippen LogP contribution in [-0.2, 0) is 13.5 Å². The molecule has 0 saturated carbocycles. The number of nitrogens with one attached hydrogen (secondary N) is 1. The molecule has 2 aromatic rings. The topological polar surface area (TPSA) is 68.8 Å². The second-order valence-electron chi connectivity index (χ2n) is 3.60. The van der Waals surface area contributed by atoms with E-state index >= 15 is 0 Å². The predicted octanol–water partition coefficient (Wildman–Crippen LogP) is 1.05. The Balaban J connectivity index is 1.84. The highest BCUT2D eigenvalue weighted by Gasteiger charge is 1.98. The van der Waals surface area contributed by atoms with Crippen molar-refractivity contribution < 1.29 is 0 Å². The van der Waals surface area contributed by atoms with Crippen molar-refractivity contribution in [3.05, 3.63) is 36.5 Å². The number of imidazole rings is 1. The predicted molar refractivity (Wildman–Crippen MR) is 64.1 cm³/mol. The number of nitrogen functional groups attached to an aromatic ring is 1. The van der Waals surface area contributed by atoms with E-state index in [1.165, 1.54) is 0 Å². The molecule has 0 aliphatic rings. The van der Waals surface area contributed by atoms with E-state index in [0.29, 0.717) is 5.82 Å². The Morgan fingerprint density at radius 2 is 2.25 bits per heavy atom. The van der Waals surface area contributed by atoms with Crippen molar-refractivity contribution in [3.63, 3.8) is 0 Å². The minimum Gasteiger partial charge on any atom is -0.384 e. The molecular weight excluding hydrogens is 202 g/mol. The lowest BCUT2D eigenvalue weighted by atomic mass is 10.3. The molecular formula is C11H15N5. The van der Waals surface area contributed by atoms with Gasteiger partial charge in [-0.3, -0.25) is 0 Å². The van der Waals surface area contributed by atoms with E-state index in [9.17, 15) is 0 Å². The van der Waals surface area contributed by atoms with Gasteiger partial charge < -0.3 is 15.6 Å². The average Bonchev–Trinajstić information content (AvgIpc) is 2.68. The molecule has 84 valence electrons. The summed E-state index contributed by atoms with van der Waals surface area (Å²) in [5.74, 6) is 1.60. The van der Waals surface area contributed by atoms with Crippen LogP contribution in [0.15, 0.2) is 30.7 Å². The number of pyridine rings is 1. The summed E-state index contributed by atoms with van der Waals surface area (Å²) in [6, 6.07) is 3.70. The minimum atomic E-state index is 0.537. The van der Waals surface area contributed by atoms with Crippen LogP contribution in [0.3, 0.4) is 0 Å². The first-order chi connectivity index (χ1) is 7.75. The number of nitrogens with two attached hydrogens (primary N) is 1. The third-order valence-corrected chi connectivity index (χ3v) is 2.39. The van der Waals surface area contributed by atoms with E-state index in [1.54, 1.807) is 18.5 Å². The van der Waals surface area contributed by atoms with Gasteiger partial charge in [0.15, 0.2) is 0 Å². The first-order valence-corrected chi connectivity index (χ1v) is 5.17. The third kappa shape index (κ3) is 2.50. The van der Waals surface area contributed by atoms with E-state index in [-0.39, 0.29) is 0 Å². The molecule has 3 N–H and O–H groups in total. The van der Waals surface area contributed by atoms with E-state index < -0.39 is 0 Å². The molecule has 0 spiro atoms. The quantitative estimate of drug-likeness (QED) is 0.803. The lowest BCUT2D eigenvalue weighted by Gasteiger charge is -2.06. The molecule has 0 aliphatic heterocycles. The summed E-state index contributed by atoms with van der Waals surface area (Å²) in [7, 11) is 1.99. The minimum absolute atomic E-state index is 0.537. The monoisotopic (exact) mass is 217 g/mol. The molecule has 2 aromatic heterocycles. The van der Waals surface area contributed by atoms with Crippen LogP contribution < -0.4 is 11.1 Å². The van der Waals surface area contributed by atoms with Gasteiger partial charge in [-0.05, 0) is 12.1 Å². The zero-order valence-corrected chi connectivity index (χ0v) is 9.22. The summed E-state index contributed by atoms with van der Waals surface area (Å²) in [6.45, 7) is 0.830. The fraction of sp³-hybridized carbons (Fsp3) is 0.273. The largest absolute Gasteiger partial charge is 0.384 e. The number of nitrogens with zero attached hydrogens (tertiary/aromatic N) is 3. The van der Waals surface area contributed by atoms with Gasteiger partial charge in [0.2, 0.25) is 0 Å². The molecule has 2 rings (SSSR count). The lowest BCUT2D eigenvalue weighted by molar-refractivity contribution is 0.789. The summed E-state index contributed by atoms with van der Waals surface area (Å²) >= 11 is 0. The van der Waals surface area contributed by atoms with Crippen molar-refractivity contribution in [3.8, 4) is 0 Å². The van der Waals surface area contributed by atoms with Gasteiger partial charge in [-0.25, -0.2) is 9.97 Å². The van der Waals surface area contributed by atoms with Gasteiger partial charge in [0.25, 0.3) is 0 Å². The standard InChI is InChI=1S/C11H15N5/c1-16-7-6-14-11(16)4-5-13-9-2-3-10(12)15-8-9/h2-3,6-8,13H,4-5H2,1H3,(H2,12,15). The zero-order valence-electron chi connectivity index (χ0n) is 9.22. The van der Waals surface area contributed by atoms with Gasteiger partial charge >= 0.3 is 0 Å². The molecule has 0 fully saturated rings. The SMILES string of the molecule is Cn1ccnc1CCNc1ccc(N)nc1. The van der Waals surface area contributed by atoms with Crippen molar-refractivity contribution in [1.29, 1.82) is 0 Å². The fourth-order valence-electron chi connectivity index (χ4n) is 1.47. The number of hydrogen-bond donors (Lipinski definition) is 2. The highest BCUT2D eigenvalue weighted by molar-refractivity contribution is 5.45. The molecule has 16 heavy (non-hydrogen) atoms. The summed E-state index contributed by atoms with van der Waals surface area (Å²) < 4.78 is 2.02. The van der Waals surface area contributed by atoms with E-state index in [4.69, 9.17) is 5.73 Å². The normalized spacial score (nSPS) is 10.3. The Labute approximate surface area is 94.3 Å². The van der Waals surface area contributed by atoms with Gasteiger partial charge in [-0.2, -0.15) is 0 Å². The van der Waals surface area contributed by atoms with Gasteiger partial charge in [-0.1, -0.05) is 0 Å². The van der Waals surface area contributed by atoms with Crippen LogP contribution in [0.5, 0.6) is 0 Å². The summed E-state index contributed by atoms with van der Waals surface area (Å²) in [6.07, 6.45) is 6.36. The van der Waals surface area contributed by atoms with Gasteiger partial charge in [0, 0.05) is 32.4 Å². The Hall–Kier alpha value is -2.04. The molecule has 5 heteroatoms. The highest BCUT2D eigenvalue weighted by Crippen LogP contribution is 2.06. The molecule has 0 saturated heterocycles. The molecule has 0 radical (unpaired) electrons. The van der Waals surface area contributed by atoms with Crippen LogP contribution in [0.1, 0.15) is 5.82 Å². The molecule has 0 amide bonds. The number of aromatic nitrogens is 3. The van der Waals surface area contributed by atoms with Crippen LogP contribution >= 0.6 is 0 Å². The third-order valence-electron chi connectivity index (χ3n) is 2.39. The van der Waals surface area contributed by atoms with Crippen LogP contribution in [0.25, 0.3) is 0 Å². The number of aryl methyl sites for hydroxylation is 1. The molecule has 2 heterocycles. The Morgan fingerprint density at radius 3 is 2.88 bits per heavy atom. The molecule has 0 atom stereocenters. The van der Waals surface area contributed by atoms with E-state index in [0.717, 1.165) is 24.5 Å². The fourth-order valence-corrected chi connectivity index (χ4v) is 1.47. The maximum absolute atomic E-state index is 5.50. The first kappa shape index (κ1) is 10.5. The number of rotatable bonds is 4. The molecule has 0 unspecified atom stereocenters. The molecule has 5 nitrogen and oxygen atoms in total. The second-order valence-corrected chi connectivity index (χ2v) is 3.60. The molecule has 0 aromatic carbocycles. The summed E-state index contributed by atoms with van der Waals surface area (Å²) in [5, 5.41) is 3.27. The van der Waals surface area contributed by atoms with Crippen molar-refractivity contribution >= 4 is 11.5 Å². The lowest BCUT2D eigenvalue weighted by Crippen LogP contribution is -2.08. The summed E-state index contributed by atoms with van der Waals surface area (Å²) in [5.41, 5.74) is 6.48. The maximum atomic E-state index is 5.50.